The van der Waals surface area contributed by atoms with Gasteiger partial charge in [0.15, 0.2) is 0 Å². The third-order valence-electron chi connectivity index (χ3n) is 2.84. The number of hydrogen-bond donors (Lipinski definition) is 4. The SMILES string of the molecule is CCC(C)C(NC(N)=O)C(=O)NNC(=O)c1cccs1. The average molecular weight is 298 g/mol. The van der Waals surface area contributed by atoms with Crippen molar-refractivity contribution >= 4 is 29.2 Å². The molecule has 0 aliphatic carbocycles. The monoisotopic (exact) mass is 298 g/mol. The molecule has 110 valence electrons. The Bertz CT molecular complexity index is 475. The van der Waals surface area contributed by atoms with Gasteiger partial charge in [0.2, 0.25) is 0 Å². The van der Waals surface area contributed by atoms with Gasteiger partial charge in [-0.3, -0.25) is 20.4 Å². The molecule has 0 saturated heterocycles. The van der Waals surface area contributed by atoms with Crippen LogP contribution in [0.2, 0.25) is 0 Å². The number of hydrogen-bond acceptors (Lipinski definition) is 4. The molecule has 1 heterocycles. The number of amides is 4. The molecule has 0 aromatic carbocycles. The van der Waals surface area contributed by atoms with E-state index in [1.54, 1.807) is 24.4 Å². The Morgan fingerprint density at radius 3 is 2.55 bits per heavy atom. The van der Waals surface area contributed by atoms with Crippen LogP contribution >= 0.6 is 11.3 Å². The first kappa shape index (κ1) is 16.0. The summed E-state index contributed by atoms with van der Waals surface area (Å²) in [5.41, 5.74) is 9.63. The molecule has 4 amide bonds. The lowest BCUT2D eigenvalue weighted by Crippen LogP contribution is -2.55. The van der Waals surface area contributed by atoms with Gasteiger partial charge < -0.3 is 11.1 Å². The van der Waals surface area contributed by atoms with Crippen molar-refractivity contribution in [3.8, 4) is 0 Å². The van der Waals surface area contributed by atoms with E-state index >= 15 is 0 Å². The van der Waals surface area contributed by atoms with Crippen molar-refractivity contribution in [3.63, 3.8) is 0 Å². The second-order valence-corrected chi connectivity index (χ2v) is 5.24. The Morgan fingerprint density at radius 2 is 2.05 bits per heavy atom. The van der Waals surface area contributed by atoms with E-state index in [2.05, 4.69) is 16.2 Å². The summed E-state index contributed by atoms with van der Waals surface area (Å²) in [5, 5.41) is 4.12. The fourth-order valence-electron chi connectivity index (χ4n) is 1.52. The molecule has 20 heavy (non-hydrogen) atoms. The maximum Gasteiger partial charge on any atom is 0.312 e. The topological polar surface area (TPSA) is 113 Å². The molecule has 0 aliphatic rings. The predicted molar refractivity (Wildman–Crippen MR) is 75.9 cm³/mol. The van der Waals surface area contributed by atoms with E-state index in [1.165, 1.54) is 11.3 Å². The standard InChI is InChI=1S/C12H18N4O3S/c1-3-7(2)9(14-12(13)19)11(18)16-15-10(17)8-5-4-6-20-8/h4-7,9H,3H2,1-2H3,(H,15,17)(H,16,18)(H3,13,14,19). The largest absolute Gasteiger partial charge is 0.352 e. The van der Waals surface area contributed by atoms with Crippen molar-refractivity contribution in [1.82, 2.24) is 16.2 Å². The number of thiophene rings is 1. The van der Waals surface area contributed by atoms with Gasteiger partial charge in [0.05, 0.1) is 4.88 Å². The van der Waals surface area contributed by atoms with E-state index < -0.39 is 23.9 Å². The summed E-state index contributed by atoms with van der Waals surface area (Å²) in [4.78, 5) is 35.0. The highest BCUT2D eigenvalue weighted by molar-refractivity contribution is 7.12. The first-order valence-corrected chi connectivity index (χ1v) is 7.03. The summed E-state index contributed by atoms with van der Waals surface area (Å²) >= 11 is 1.26. The zero-order valence-electron chi connectivity index (χ0n) is 11.3. The summed E-state index contributed by atoms with van der Waals surface area (Å²) in [7, 11) is 0. The Morgan fingerprint density at radius 1 is 1.35 bits per heavy atom. The number of carbonyl (C=O) groups is 3. The number of nitrogens with one attached hydrogen (secondary N) is 3. The van der Waals surface area contributed by atoms with E-state index in [-0.39, 0.29) is 5.92 Å². The maximum absolute atomic E-state index is 12.0. The third-order valence-corrected chi connectivity index (χ3v) is 3.71. The van der Waals surface area contributed by atoms with Gasteiger partial charge in [-0.15, -0.1) is 11.3 Å². The van der Waals surface area contributed by atoms with E-state index in [0.29, 0.717) is 11.3 Å². The van der Waals surface area contributed by atoms with E-state index in [9.17, 15) is 14.4 Å². The van der Waals surface area contributed by atoms with Gasteiger partial charge in [0.1, 0.15) is 6.04 Å². The highest BCUT2D eigenvalue weighted by atomic mass is 32.1. The summed E-state index contributed by atoms with van der Waals surface area (Å²) in [6, 6.07) is 1.80. The molecule has 2 unspecified atom stereocenters. The molecule has 8 heteroatoms. The van der Waals surface area contributed by atoms with Crippen molar-refractivity contribution < 1.29 is 14.4 Å². The first-order chi connectivity index (χ1) is 9.45. The zero-order chi connectivity index (χ0) is 15.1. The highest BCUT2D eigenvalue weighted by Gasteiger charge is 2.25. The molecule has 2 atom stereocenters. The van der Waals surface area contributed by atoms with Gasteiger partial charge in [0, 0.05) is 0 Å². The fraction of sp³-hybridized carbons (Fsp3) is 0.417. The lowest BCUT2D eigenvalue weighted by atomic mass is 9.99. The van der Waals surface area contributed by atoms with Gasteiger partial charge >= 0.3 is 6.03 Å². The normalized spacial score (nSPS) is 13.1. The predicted octanol–water partition coefficient (Wildman–Crippen LogP) is 0.592. The molecule has 1 aromatic rings. The highest BCUT2D eigenvalue weighted by Crippen LogP contribution is 2.08. The molecule has 1 rings (SSSR count). The molecule has 5 N–H and O–H groups in total. The Balaban J connectivity index is 2.57. The molecular weight excluding hydrogens is 280 g/mol. The third kappa shape index (κ3) is 4.54. The van der Waals surface area contributed by atoms with Crippen molar-refractivity contribution in [1.29, 1.82) is 0 Å². The molecule has 0 aliphatic heterocycles. The summed E-state index contributed by atoms with van der Waals surface area (Å²) in [6.45, 7) is 3.69. The van der Waals surface area contributed by atoms with E-state index in [0.717, 1.165) is 0 Å². The first-order valence-electron chi connectivity index (χ1n) is 6.15. The fourth-order valence-corrected chi connectivity index (χ4v) is 2.14. The van der Waals surface area contributed by atoms with Crippen molar-refractivity contribution in [3.05, 3.63) is 22.4 Å². The van der Waals surface area contributed by atoms with E-state index in [4.69, 9.17) is 5.73 Å². The average Bonchev–Trinajstić information content (AvgIpc) is 2.94. The minimum absolute atomic E-state index is 0.110. The minimum atomic E-state index is -0.791. The molecule has 0 fully saturated rings. The van der Waals surface area contributed by atoms with Gasteiger partial charge in [-0.05, 0) is 17.4 Å². The molecule has 0 spiro atoms. The van der Waals surface area contributed by atoms with Crippen LogP contribution in [0, 0.1) is 5.92 Å². The van der Waals surface area contributed by atoms with Crippen LogP contribution in [0.1, 0.15) is 29.9 Å². The van der Waals surface area contributed by atoms with Crippen molar-refractivity contribution in [2.45, 2.75) is 26.3 Å². The quantitative estimate of drug-likeness (QED) is 0.597. The van der Waals surface area contributed by atoms with Crippen LogP contribution in [-0.2, 0) is 4.79 Å². The van der Waals surface area contributed by atoms with Crippen molar-refractivity contribution in [2.75, 3.05) is 0 Å². The minimum Gasteiger partial charge on any atom is -0.352 e. The number of urea groups is 1. The molecule has 0 bridgehead atoms. The second kappa shape index (κ2) is 7.49. The van der Waals surface area contributed by atoms with Crippen LogP contribution in [0.15, 0.2) is 17.5 Å². The molecule has 1 aromatic heterocycles. The lowest BCUT2D eigenvalue weighted by molar-refractivity contribution is -0.124. The van der Waals surface area contributed by atoms with Gasteiger partial charge in [-0.25, -0.2) is 4.79 Å². The molecule has 7 nitrogen and oxygen atoms in total. The van der Waals surface area contributed by atoms with Gasteiger partial charge in [0.25, 0.3) is 11.8 Å². The van der Waals surface area contributed by atoms with Gasteiger partial charge in [-0.1, -0.05) is 26.3 Å². The Kier molecular flexibility index (Phi) is 5.98. The summed E-state index contributed by atoms with van der Waals surface area (Å²) in [5.74, 6) is -1.03. The Hall–Kier alpha value is -2.09. The smallest absolute Gasteiger partial charge is 0.312 e. The van der Waals surface area contributed by atoms with Crippen LogP contribution in [0.25, 0.3) is 0 Å². The van der Waals surface area contributed by atoms with Crippen molar-refractivity contribution in [2.24, 2.45) is 11.7 Å². The lowest BCUT2D eigenvalue weighted by Gasteiger charge is -2.22. The van der Waals surface area contributed by atoms with E-state index in [1.807, 2.05) is 6.92 Å². The number of rotatable bonds is 5. The van der Waals surface area contributed by atoms with Crippen LogP contribution < -0.4 is 21.9 Å². The number of primary amides is 1. The van der Waals surface area contributed by atoms with Crippen LogP contribution in [-0.4, -0.2) is 23.9 Å². The summed E-state index contributed by atoms with van der Waals surface area (Å²) < 4.78 is 0. The van der Waals surface area contributed by atoms with Gasteiger partial charge in [-0.2, -0.15) is 0 Å². The number of carbonyl (C=O) groups excluding carboxylic acids is 3. The van der Waals surface area contributed by atoms with Crippen LogP contribution in [0.5, 0.6) is 0 Å². The summed E-state index contributed by atoms with van der Waals surface area (Å²) in [6.07, 6.45) is 0.678. The Labute approximate surface area is 120 Å². The number of nitrogens with two attached hydrogens (primary N) is 1. The molecular formula is C12H18N4O3S. The van der Waals surface area contributed by atoms with Crippen LogP contribution in [0.3, 0.4) is 0 Å². The maximum atomic E-state index is 12.0. The van der Waals surface area contributed by atoms with Crippen LogP contribution in [0.4, 0.5) is 4.79 Å². The zero-order valence-corrected chi connectivity index (χ0v) is 12.1. The second-order valence-electron chi connectivity index (χ2n) is 4.29. The molecule has 0 radical (unpaired) electrons. The molecule has 0 saturated carbocycles. The number of hydrazine groups is 1.